The van der Waals surface area contributed by atoms with Gasteiger partial charge in [0.1, 0.15) is 0 Å². The summed E-state index contributed by atoms with van der Waals surface area (Å²) in [6.45, 7) is 0. The molecule has 1 aromatic carbocycles. The first kappa shape index (κ1) is 14.0. The van der Waals surface area contributed by atoms with Crippen LogP contribution in [0.1, 0.15) is 36.0 Å². The van der Waals surface area contributed by atoms with Gasteiger partial charge in [0.15, 0.2) is 0 Å². The lowest BCUT2D eigenvalue weighted by atomic mass is 9.98. The molecule has 0 heterocycles. The van der Waals surface area contributed by atoms with Crippen molar-refractivity contribution in [2.45, 2.75) is 31.2 Å². The van der Waals surface area contributed by atoms with Gasteiger partial charge in [0.05, 0.1) is 16.8 Å². The molecule has 1 aliphatic rings. The average molecular weight is 327 g/mol. The first-order valence-corrected chi connectivity index (χ1v) is 6.85. The standard InChI is InChI=1S/C13H15BrN2O3/c14-8-3-4-10(9(7-8)11(17)18)16-12(19)13(15)5-1-2-6-13/h3-4,7H,1-2,5-6,15H2,(H,16,19)(H,17,18). The van der Waals surface area contributed by atoms with E-state index >= 15 is 0 Å². The van der Waals surface area contributed by atoms with Crippen molar-refractivity contribution >= 4 is 33.5 Å². The highest BCUT2D eigenvalue weighted by atomic mass is 79.9. The molecule has 1 saturated carbocycles. The maximum absolute atomic E-state index is 12.2. The number of anilines is 1. The number of carbonyl (C=O) groups excluding carboxylic acids is 1. The molecule has 1 fully saturated rings. The highest BCUT2D eigenvalue weighted by molar-refractivity contribution is 9.10. The highest BCUT2D eigenvalue weighted by Crippen LogP contribution is 2.29. The normalized spacial score (nSPS) is 17.2. The number of nitrogens with two attached hydrogens (primary N) is 1. The number of amides is 1. The summed E-state index contributed by atoms with van der Waals surface area (Å²) in [4.78, 5) is 23.3. The fourth-order valence-electron chi connectivity index (χ4n) is 2.28. The zero-order valence-electron chi connectivity index (χ0n) is 10.3. The van der Waals surface area contributed by atoms with E-state index in [-0.39, 0.29) is 17.2 Å². The molecule has 1 aliphatic carbocycles. The summed E-state index contributed by atoms with van der Waals surface area (Å²) >= 11 is 3.21. The van der Waals surface area contributed by atoms with Crippen LogP contribution in [0, 0.1) is 0 Å². The number of halogens is 1. The van der Waals surface area contributed by atoms with Crippen LogP contribution in [0.25, 0.3) is 0 Å². The Bertz CT molecular complexity index is 525. The minimum atomic E-state index is -1.09. The van der Waals surface area contributed by atoms with Crippen molar-refractivity contribution in [1.82, 2.24) is 0 Å². The summed E-state index contributed by atoms with van der Waals surface area (Å²) in [6.07, 6.45) is 3.13. The first-order valence-electron chi connectivity index (χ1n) is 6.05. The maximum atomic E-state index is 12.2. The van der Waals surface area contributed by atoms with Crippen LogP contribution < -0.4 is 11.1 Å². The van der Waals surface area contributed by atoms with E-state index in [2.05, 4.69) is 21.2 Å². The SMILES string of the molecule is NC1(C(=O)Nc2ccc(Br)cc2C(=O)O)CCCC1. The molecule has 1 aromatic rings. The lowest BCUT2D eigenvalue weighted by Crippen LogP contribution is -2.48. The Balaban J connectivity index is 2.23. The molecule has 0 atom stereocenters. The van der Waals surface area contributed by atoms with Crippen molar-refractivity contribution in [2.24, 2.45) is 5.73 Å². The van der Waals surface area contributed by atoms with E-state index in [1.807, 2.05) is 0 Å². The third-order valence-electron chi connectivity index (χ3n) is 3.41. The quantitative estimate of drug-likeness (QED) is 0.794. The smallest absolute Gasteiger partial charge is 0.337 e. The van der Waals surface area contributed by atoms with Gasteiger partial charge in [-0.25, -0.2) is 4.79 Å². The Hall–Kier alpha value is -1.40. The average Bonchev–Trinajstić information content (AvgIpc) is 2.79. The molecule has 0 radical (unpaired) electrons. The first-order chi connectivity index (χ1) is 8.92. The Morgan fingerprint density at radius 2 is 1.95 bits per heavy atom. The monoisotopic (exact) mass is 326 g/mol. The molecule has 6 heteroatoms. The topological polar surface area (TPSA) is 92.4 Å². The molecule has 0 aromatic heterocycles. The third kappa shape index (κ3) is 2.96. The number of carbonyl (C=O) groups is 2. The Labute approximate surface area is 119 Å². The van der Waals surface area contributed by atoms with Crippen molar-refractivity contribution in [3.63, 3.8) is 0 Å². The molecule has 0 saturated heterocycles. The highest BCUT2D eigenvalue weighted by Gasteiger charge is 2.37. The second kappa shape index (κ2) is 5.30. The van der Waals surface area contributed by atoms with Crippen LogP contribution in [-0.2, 0) is 4.79 Å². The van der Waals surface area contributed by atoms with Gasteiger partial charge in [-0.2, -0.15) is 0 Å². The molecular weight excluding hydrogens is 312 g/mol. The molecule has 5 nitrogen and oxygen atoms in total. The zero-order valence-corrected chi connectivity index (χ0v) is 11.9. The third-order valence-corrected chi connectivity index (χ3v) is 3.90. The Kier molecular flexibility index (Phi) is 3.91. The zero-order chi connectivity index (χ0) is 14.0. The summed E-state index contributed by atoms with van der Waals surface area (Å²) in [7, 11) is 0. The Morgan fingerprint density at radius 1 is 1.32 bits per heavy atom. The van der Waals surface area contributed by atoms with Crippen molar-refractivity contribution in [3.05, 3.63) is 28.2 Å². The van der Waals surface area contributed by atoms with Gasteiger partial charge < -0.3 is 16.2 Å². The minimum absolute atomic E-state index is 0.0457. The summed E-state index contributed by atoms with van der Waals surface area (Å²) in [5.74, 6) is -1.40. The molecule has 0 spiro atoms. The van der Waals surface area contributed by atoms with Gasteiger partial charge >= 0.3 is 5.97 Å². The van der Waals surface area contributed by atoms with Crippen LogP contribution in [0.5, 0.6) is 0 Å². The summed E-state index contributed by atoms with van der Waals surface area (Å²) < 4.78 is 0.645. The number of nitrogens with one attached hydrogen (secondary N) is 1. The fraction of sp³-hybridized carbons (Fsp3) is 0.385. The van der Waals surface area contributed by atoms with Crippen molar-refractivity contribution in [3.8, 4) is 0 Å². The van der Waals surface area contributed by atoms with Crippen molar-refractivity contribution in [1.29, 1.82) is 0 Å². The van der Waals surface area contributed by atoms with Gasteiger partial charge in [0.2, 0.25) is 5.91 Å². The van der Waals surface area contributed by atoms with Crippen LogP contribution in [-0.4, -0.2) is 22.5 Å². The molecule has 0 bridgehead atoms. The van der Waals surface area contributed by atoms with Gasteiger partial charge in [-0.1, -0.05) is 28.8 Å². The largest absolute Gasteiger partial charge is 0.478 e. The van der Waals surface area contributed by atoms with Gasteiger partial charge in [-0.15, -0.1) is 0 Å². The van der Waals surface area contributed by atoms with Crippen LogP contribution in [0.15, 0.2) is 22.7 Å². The lowest BCUT2D eigenvalue weighted by molar-refractivity contribution is -0.121. The number of rotatable bonds is 3. The second-order valence-electron chi connectivity index (χ2n) is 4.81. The molecule has 0 unspecified atom stereocenters. The van der Waals surface area contributed by atoms with E-state index in [4.69, 9.17) is 10.8 Å². The van der Waals surface area contributed by atoms with Gasteiger partial charge in [0.25, 0.3) is 0 Å². The van der Waals surface area contributed by atoms with Gasteiger partial charge in [-0.05, 0) is 31.0 Å². The summed E-state index contributed by atoms with van der Waals surface area (Å²) in [5.41, 5.74) is 5.49. The second-order valence-corrected chi connectivity index (χ2v) is 5.73. The van der Waals surface area contributed by atoms with Crippen LogP contribution >= 0.6 is 15.9 Å². The molecule has 4 N–H and O–H groups in total. The van der Waals surface area contributed by atoms with E-state index in [0.717, 1.165) is 12.8 Å². The number of hydrogen-bond donors (Lipinski definition) is 3. The molecule has 1 amide bonds. The van der Waals surface area contributed by atoms with Crippen molar-refractivity contribution in [2.75, 3.05) is 5.32 Å². The van der Waals surface area contributed by atoms with Gasteiger partial charge in [-0.3, -0.25) is 4.79 Å². The van der Waals surface area contributed by atoms with Crippen molar-refractivity contribution < 1.29 is 14.7 Å². The minimum Gasteiger partial charge on any atom is -0.478 e. The number of aromatic carboxylic acids is 1. The number of hydrogen-bond acceptors (Lipinski definition) is 3. The predicted octanol–water partition coefficient (Wildman–Crippen LogP) is 2.36. The maximum Gasteiger partial charge on any atom is 0.337 e. The lowest BCUT2D eigenvalue weighted by Gasteiger charge is -2.22. The van der Waals surface area contributed by atoms with Gasteiger partial charge in [0, 0.05) is 4.47 Å². The fourth-order valence-corrected chi connectivity index (χ4v) is 2.64. The number of carboxylic acid groups (broad SMARTS) is 1. The number of benzene rings is 1. The van der Waals surface area contributed by atoms with E-state index < -0.39 is 11.5 Å². The predicted molar refractivity (Wildman–Crippen MR) is 75.1 cm³/mol. The molecule has 102 valence electrons. The van der Waals surface area contributed by atoms with E-state index in [9.17, 15) is 9.59 Å². The van der Waals surface area contributed by atoms with Crippen LogP contribution in [0.3, 0.4) is 0 Å². The molecular formula is C13H15BrN2O3. The molecule has 0 aliphatic heterocycles. The van der Waals surface area contributed by atoms with E-state index in [1.165, 1.54) is 6.07 Å². The van der Waals surface area contributed by atoms with E-state index in [0.29, 0.717) is 17.3 Å². The summed E-state index contributed by atoms with van der Waals surface area (Å²) in [5, 5.41) is 11.8. The number of carboxylic acids is 1. The molecule has 2 rings (SSSR count). The molecule has 19 heavy (non-hydrogen) atoms. The summed E-state index contributed by atoms with van der Waals surface area (Å²) in [6, 6.07) is 4.69. The van der Waals surface area contributed by atoms with E-state index in [1.54, 1.807) is 12.1 Å². The van der Waals surface area contributed by atoms with Crippen LogP contribution in [0.4, 0.5) is 5.69 Å². The van der Waals surface area contributed by atoms with Crippen LogP contribution in [0.2, 0.25) is 0 Å². The Morgan fingerprint density at radius 3 is 2.53 bits per heavy atom.